The summed E-state index contributed by atoms with van der Waals surface area (Å²) in [5.41, 5.74) is 2.24. The van der Waals surface area contributed by atoms with Crippen LogP contribution in [0.5, 0.6) is 0 Å². The van der Waals surface area contributed by atoms with Gasteiger partial charge in [-0.15, -0.1) is 0 Å². The second-order valence-corrected chi connectivity index (χ2v) is 8.16. The fourth-order valence-electron chi connectivity index (χ4n) is 3.95. The van der Waals surface area contributed by atoms with Gasteiger partial charge in [0, 0.05) is 32.9 Å². The van der Waals surface area contributed by atoms with E-state index in [9.17, 15) is 14.0 Å². The van der Waals surface area contributed by atoms with E-state index in [4.69, 9.17) is 4.74 Å². The molecule has 0 saturated carbocycles. The number of aryl methyl sites for hydroxylation is 1. The SMILES string of the molecule is Cn1nccc1C(=O)N1CC(=O)N(CCc2ccccc2)CC(OCc2cccc(F)c2)C1. The van der Waals surface area contributed by atoms with Gasteiger partial charge in [-0.05, 0) is 35.7 Å². The second-order valence-electron chi connectivity index (χ2n) is 8.16. The molecule has 1 aliphatic rings. The summed E-state index contributed by atoms with van der Waals surface area (Å²) >= 11 is 0. The van der Waals surface area contributed by atoms with E-state index in [1.54, 1.807) is 36.3 Å². The number of hydrogen-bond donors (Lipinski definition) is 0. The first-order valence-corrected chi connectivity index (χ1v) is 10.9. The highest BCUT2D eigenvalue weighted by Gasteiger charge is 2.32. The summed E-state index contributed by atoms with van der Waals surface area (Å²) < 4.78 is 21.1. The summed E-state index contributed by atoms with van der Waals surface area (Å²) in [4.78, 5) is 29.5. The lowest BCUT2D eigenvalue weighted by Crippen LogP contribution is -2.40. The summed E-state index contributed by atoms with van der Waals surface area (Å²) in [6.07, 6.45) is 1.85. The van der Waals surface area contributed by atoms with Crippen LogP contribution in [0, 0.1) is 5.82 Å². The molecule has 1 aliphatic heterocycles. The first kappa shape index (κ1) is 22.7. The highest BCUT2D eigenvalue weighted by molar-refractivity contribution is 5.95. The summed E-state index contributed by atoms with van der Waals surface area (Å²) in [5.74, 6) is -0.726. The Labute approximate surface area is 192 Å². The minimum absolute atomic E-state index is 0.0291. The predicted octanol–water partition coefficient (Wildman–Crippen LogP) is 2.67. The van der Waals surface area contributed by atoms with Crippen LogP contribution in [0.2, 0.25) is 0 Å². The maximum absolute atomic E-state index is 13.6. The molecule has 0 bridgehead atoms. The quantitative estimate of drug-likeness (QED) is 0.555. The monoisotopic (exact) mass is 450 g/mol. The highest BCUT2D eigenvalue weighted by atomic mass is 19.1. The summed E-state index contributed by atoms with van der Waals surface area (Å²) in [5, 5.41) is 4.06. The van der Waals surface area contributed by atoms with E-state index in [1.165, 1.54) is 21.7 Å². The van der Waals surface area contributed by atoms with Crippen molar-refractivity contribution in [3.05, 3.63) is 89.5 Å². The second kappa shape index (κ2) is 10.4. The zero-order valence-corrected chi connectivity index (χ0v) is 18.6. The van der Waals surface area contributed by atoms with E-state index in [1.807, 2.05) is 30.3 Å². The van der Waals surface area contributed by atoms with E-state index >= 15 is 0 Å². The first-order chi connectivity index (χ1) is 16.0. The number of carbonyl (C=O) groups excluding carboxylic acids is 2. The average Bonchev–Trinajstić information content (AvgIpc) is 3.17. The molecule has 1 saturated heterocycles. The number of halogens is 1. The third kappa shape index (κ3) is 5.84. The van der Waals surface area contributed by atoms with Crippen molar-refractivity contribution in [3.63, 3.8) is 0 Å². The Morgan fingerprint density at radius 1 is 1.09 bits per heavy atom. The Balaban J connectivity index is 1.50. The molecule has 7 nitrogen and oxygen atoms in total. The van der Waals surface area contributed by atoms with Gasteiger partial charge in [-0.1, -0.05) is 42.5 Å². The van der Waals surface area contributed by atoms with E-state index in [0.717, 1.165) is 5.56 Å². The van der Waals surface area contributed by atoms with Crippen LogP contribution in [0.1, 0.15) is 21.6 Å². The number of benzene rings is 2. The predicted molar refractivity (Wildman–Crippen MR) is 121 cm³/mol. The van der Waals surface area contributed by atoms with Crippen LogP contribution in [0.25, 0.3) is 0 Å². The van der Waals surface area contributed by atoms with Gasteiger partial charge in [0.1, 0.15) is 18.1 Å². The van der Waals surface area contributed by atoms with Crippen LogP contribution in [0.4, 0.5) is 4.39 Å². The molecule has 4 rings (SSSR count). The van der Waals surface area contributed by atoms with Gasteiger partial charge in [-0.2, -0.15) is 5.10 Å². The van der Waals surface area contributed by atoms with Crippen molar-refractivity contribution in [1.29, 1.82) is 0 Å². The largest absolute Gasteiger partial charge is 0.370 e. The number of carbonyl (C=O) groups is 2. The van der Waals surface area contributed by atoms with Crippen molar-refractivity contribution in [3.8, 4) is 0 Å². The topological polar surface area (TPSA) is 67.7 Å². The molecule has 1 unspecified atom stereocenters. The molecule has 1 aromatic heterocycles. The van der Waals surface area contributed by atoms with Gasteiger partial charge in [-0.3, -0.25) is 14.3 Å². The number of hydrogen-bond acceptors (Lipinski definition) is 4. The average molecular weight is 451 g/mol. The third-order valence-electron chi connectivity index (χ3n) is 5.74. The van der Waals surface area contributed by atoms with Crippen LogP contribution in [0.3, 0.4) is 0 Å². The molecule has 0 N–H and O–H groups in total. The van der Waals surface area contributed by atoms with Gasteiger partial charge >= 0.3 is 0 Å². The van der Waals surface area contributed by atoms with Crippen LogP contribution >= 0.6 is 0 Å². The Bertz CT molecular complexity index is 1100. The molecule has 2 aromatic carbocycles. The Hall–Kier alpha value is -3.52. The van der Waals surface area contributed by atoms with Gasteiger partial charge in [0.25, 0.3) is 5.91 Å². The number of nitrogens with zero attached hydrogens (tertiary/aromatic N) is 4. The molecule has 2 amide bonds. The zero-order chi connectivity index (χ0) is 23.2. The lowest BCUT2D eigenvalue weighted by Gasteiger charge is -2.25. The molecular formula is C25H27FN4O3. The third-order valence-corrected chi connectivity index (χ3v) is 5.74. The normalized spacial score (nSPS) is 16.7. The molecule has 3 aromatic rings. The van der Waals surface area contributed by atoms with Crippen molar-refractivity contribution >= 4 is 11.8 Å². The fraction of sp³-hybridized carbons (Fsp3) is 0.320. The molecule has 0 aliphatic carbocycles. The smallest absolute Gasteiger partial charge is 0.272 e. The zero-order valence-electron chi connectivity index (χ0n) is 18.6. The van der Waals surface area contributed by atoms with E-state index in [0.29, 0.717) is 30.8 Å². The van der Waals surface area contributed by atoms with Gasteiger partial charge in [0.05, 0.1) is 12.7 Å². The van der Waals surface area contributed by atoms with Crippen LogP contribution in [-0.4, -0.2) is 63.7 Å². The van der Waals surface area contributed by atoms with Gasteiger partial charge < -0.3 is 14.5 Å². The van der Waals surface area contributed by atoms with E-state index < -0.39 is 6.10 Å². The number of ether oxygens (including phenoxy) is 1. The van der Waals surface area contributed by atoms with Gasteiger partial charge in [-0.25, -0.2) is 4.39 Å². The van der Waals surface area contributed by atoms with Crippen molar-refractivity contribution < 1.29 is 18.7 Å². The number of amides is 2. The maximum Gasteiger partial charge on any atom is 0.272 e. The van der Waals surface area contributed by atoms with Gasteiger partial charge in [0.2, 0.25) is 5.91 Å². The van der Waals surface area contributed by atoms with Crippen LogP contribution in [0.15, 0.2) is 66.9 Å². The summed E-state index contributed by atoms with van der Waals surface area (Å²) in [6.45, 7) is 1.30. The maximum atomic E-state index is 13.6. The molecule has 1 atom stereocenters. The number of rotatable bonds is 7. The summed E-state index contributed by atoms with van der Waals surface area (Å²) in [6, 6.07) is 17.8. The van der Waals surface area contributed by atoms with E-state index in [2.05, 4.69) is 5.10 Å². The number of aromatic nitrogens is 2. The Morgan fingerprint density at radius 3 is 2.61 bits per heavy atom. The molecular weight excluding hydrogens is 423 g/mol. The van der Waals surface area contributed by atoms with Crippen molar-refractivity contribution in [1.82, 2.24) is 19.6 Å². The van der Waals surface area contributed by atoms with Crippen LogP contribution < -0.4 is 0 Å². The molecule has 0 radical (unpaired) electrons. The van der Waals surface area contributed by atoms with Crippen molar-refractivity contribution in [2.24, 2.45) is 7.05 Å². The van der Waals surface area contributed by atoms with Gasteiger partial charge in [0.15, 0.2) is 0 Å². The lowest BCUT2D eigenvalue weighted by atomic mass is 10.1. The van der Waals surface area contributed by atoms with E-state index in [-0.39, 0.29) is 37.3 Å². The highest BCUT2D eigenvalue weighted by Crippen LogP contribution is 2.15. The van der Waals surface area contributed by atoms with Crippen molar-refractivity contribution in [2.45, 2.75) is 19.1 Å². The Kier molecular flexibility index (Phi) is 7.14. The minimum atomic E-state index is -0.410. The fourth-order valence-corrected chi connectivity index (χ4v) is 3.95. The Morgan fingerprint density at radius 2 is 1.88 bits per heavy atom. The molecule has 1 fully saturated rings. The molecule has 33 heavy (non-hydrogen) atoms. The molecule has 172 valence electrons. The molecule has 8 heteroatoms. The lowest BCUT2D eigenvalue weighted by molar-refractivity contribution is -0.131. The van der Waals surface area contributed by atoms with Crippen molar-refractivity contribution in [2.75, 3.05) is 26.2 Å². The molecule has 2 heterocycles. The molecule has 0 spiro atoms. The first-order valence-electron chi connectivity index (χ1n) is 10.9. The standard InChI is InChI=1S/C25H27FN4O3/c1-28-23(10-12-27-28)25(32)30-16-22(33-18-20-8-5-9-21(26)14-20)15-29(24(31)17-30)13-11-19-6-3-2-4-7-19/h2-10,12,14,22H,11,13,15-18H2,1H3. The van der Waals surface area contributed by atoms with Crippen LogP contribution in [-0.2, 0) is 29.6 Å². The minimum Gasteiger partial charge on any atom is -0.370 e. The summed E-state index contributed by atoms with van der Waals surface area (Å²) in [7, 11) is 1.69.